The molecule has 5 nitrogen and oxygen atoms in total. The zero-order valence-corrected chi connectivity index (χ0v) is 23.2. The number of rotatable bonds is 6. The lowest BCUT2D eigenvalue weighted by Gasteiger charge is -2.26. The Morgan fingerprint density at radius 3 is 1.44 bits per heavy atom. The standard InChI is InChI=1S/C38H26N4O/c1-3-11-27(12-4-1)37-39-40-38(43-37)28-19-21-30(22-20-28)41(29-13-5-2-6-14-29)31-23-25-32(26-24-31)42-35-17-9-7-15-33(35)34-16-8-10-18-36(34)42/h1-26H. The summed E-state index contributed by atoms with van der Waals surface area (Å²) in [5, 5.41) is 11.1. The van der Waals surface area contributed by atoms with Crippen LogP contribution in [-0.2, 0) is 0 Å². The molecular formula is C38H26N4O. The van der Waals surface area contributed by atoms with Crippen LogP contribution in [0, 0.1) is 0 Å². The number of hydrogen-bond donors (Lipinski definition) is 0. The van der Waals surface area contributed by atoms with Crippen LogP contribution in [0.5, 0.6) is 0 Å². The molecule has 8 rings (SSSR count). The normalized spacial score (nSPS) is 11.3. The van der Waals surface area contributed by atoms with Crippen LogP contribution in [0.1, 0.15) is 0 Å². The summed E-state index contributed by atoms with van der Waals surface area (Å²) < 4.78 is 8.33. The van der Waals surface area contributed by atoms with Crippen molar-refractivity contribution in [1.82, 2.24) is 14.8 Å². The van der Waals surface area contributed by atoms with Gasteiger partial charge in [-0.15, -0.1) is 10.2 Å². The maximum absolute atomic E-state index is 6.00. The molecule has 0 unspecified atom stereocenters. The van der Waals surface area contributed by atoms with Gasteiger partial charge in [0.15, 0.2) is 0 Å². The van der Waals surface area contributed by atoms with E-state index in [-0.39, 0.29) is 0 Å². The van der Waals surface area contributed by atoms with Crippen LogP contribution < -0.4 is 4.90 Å². The molecule has 6 aromatic carbocycles. The Morgan fingerprint density at radius 1 is 0.419 bits per heavy atom. The van der Waals surface area contributed by atoms with E-state index >= 15 is 0 Å². The molecule has 0 saturated heterocycles. The van der Waals surface area contributed by atoms with E-state index in [0.717, 1.165) is 33.9 Å². The minimum Gasteiger partial charge on any atom is -0.416 e. The smallest absolute Gasteiger partial charge is 0.248 e. The highest BCUT2D eigenvalue weighted by molar-refractivity contribution is 6.09. The van der Waals surface area contributed by atoms with E-state index in [1.165, 1.54) is 21.8 Å². The third kappa shape index (κ3) is 4.44. The zero-order valence-electron chi connectivity index (χ0n) is 23.2. The zero-order chi connectivity index (χ0) is 28.6. The Hall–Kier alpha value is -5.94. The molecule has 0 aliphatic carbocycles. The lowest BCUT2D eigenvalue weighted by atomic mass is 10.1. The topological polar surface area (TPSA) is 47.1 Å². The fourth-order valence-corrected chi connectivity index (χ4v) is 5.77. The summed E-state index contributed by atoms with van der Waals surface area (Å²) in [4.78, 5) is 2.25. The summed E-state index contributed by atoms with van der Waals surface area (Å²) in [6.07, 6.45) is 0. The van der Waals surface area contributed by atoms with Gasteiger partial charge in [0, 0.05) is 44.6 Å². The Labute approximate surface area is 248 Å². The Bertz CT molecular complexity index is 2110. The molecule has 2 heterocycles. The van der Waals surface area contributed by atoms with Crippen molar-refractivity contribution in [3.05, 3.63) is 158 Å². The van der Waals surface area contributed by atoms with E-state index in [4.69, 9.17) is 4.42 Å². The molecule has 0 N–H and O–H groups in total. The molecule has 0 aliphatic rings. The highest BCUT2D eigenvalue weighted by Crippen LogP contribution is 2.37. The van der Waals surface area contributed by atoms with E-state index in [0.29, 0.717) is 11.8 Å². The van der Waals surface area contributed by atoms with Crippen LogP contribution in [-0.4, -0.2) is 14.8 Å². The van der Waals surface area contributed by atoms with E-state index in [1.54, 1.807) is 0 Å². The van der Waals surface area contributed by atoms with Gasteiger partial charge in [-0.25, -0.2) is 0 Å². The van der Waals surface area contributed by atoms with Crippen LogP contribution in [0.4, 0.5) is 17.1 Å². The molecule has 2 aromatic heterocycles. The Kier molecular flexibility index (Phi) is 6.05. The van der Waals surface area contributed by atoms with Crippen molar-refractivity contribution in [2.24, 2.45) is 0 Å². The second-order valence-corrected chi connectivity index (χ2v) is 10.4. The highest BCUT2D eigenvalue weighted by Gasteiger charge is 2.16. The van der Waals surface area contributed by atoms with E-state index < -0.39 is 0 Å². The van der Waals surface area contributed by atoms with E-state index in [1.807, 2.05) is 48.5 Å². The number of hydrogen-bond acceptors (Lipinski definition) is 4. The van der Waals surface area contributed by atoms with Crippen molar-refractivity contribution in [2.75, 3.05) is 4.90 Å². The molecule has 0 fully saturated rings. The minimum atomic E-state index is 0.493. The maximum atomic E-state index is 6.00. The van der Waals surface area contributed by atoms with Gasteiger partial charge in [-0.1, -0.05) is 72.8 Å². The quantitative estimate of drug-likeness (QED) is 0.205. The highest BCUT2D eigenvalue weighted by atomic mass is 16.4. The molecule has 0 spiro atoms. The predicted molar refractivity (Wildman–Crippen MR) is 174 cm³/mol. The number of benzene rings is 6. The van der Waals surface area contributed by atoms with Crippen molar-refractivity contribution in [3.8, 4) is 28.6 Å². The first-order valence-corrected chi connectivity index (χ1v) is 14.3. The molecule has 0 atom stereocenters. The number of anilines is 3. The summed E-state index contributed by atoms with van der Waals surface area (Å²) in [7, 11) is 0. The summed E-state index contributed by atoms with van der Waals surface area (Å²) in [5.41, 5.74) is 8.45. The van der Waals surface area contributed by atoms with Gasteiger partial charge in [0.2, 0.25) is 11.8 Å². The number of fused-ring (bicyclic) bond motifs is 3. The van der Waals surface area contributed by atoms with Crippen molar-refractivity contribution < 1.29 is 4.42 Å². The average Bonchev–Trinajstić information content (AvgIpc) is 3.71. The molecule has 0 aliphatic heterocycles. The fourth-order valence-electron chi connectivity index (χ4n) is 5.77. The maximum Gasteiger partial charge on any atom is 0.248 e. The summed E-state index contributed by atoms with van der Waals surface area (Å²) in [5.74, 6) is 1.00. The number of nitrogens with zero attached hydrogens (tertiary/aromatic N) is 4. The van der Waals surface area contributed by atoms with Gasteiger partial charge in [-0.2, -0.15) is 0 Å². The lowest BCUT2D eigenvalue weighted by Crippen LogP contribution is -2.10. The van der Waals surface area contributed by atoms with Crippen LogP contribution >= 0.6 is 0 Å². The number of aromatic nitrogens is 3. The minimum absolute atomic E-state index is 0.493. The first-order chi connectivity index (χ1) is 21.3. The monoisotopic (exact) mass is 554 g/mol. The molecular weight excluding hydrogens is 528 g/mol. The van der Waals surface area contributed by atoms with Crippen LogP contribution in [0.2, 0.25) is 0 Å². The second kappa shape index (κ2) is 10.5. The molecule has 43 heavy (non-hydrogen) atoms. The first kappa shape index (κ1) is 24.8. The second-order valence-electron chi connectivity index (χ2n) is 10.4. The van der Waals surface area contributed by atoms with Gasteiger partial charge in [-0.3, -0.25) is 0 Å². The first-order valence-electron chi connectivity index (χ1n) is 14.3. The Balaban J connectivity index is 1.16. The van der Waals surface area contributed by atoms with Gasteiger partial charge in [-0.05, 0) is 84.9 Å². The molecule has 0 amide bonds. The van der Waals surface area contributed by atoms with Crippen molar-refractivity contribution in [3.63, 3.8) is 0 Å². The molecule has 204 valence electrons. The summed E-state index contributed by atoms with van der Waals surface area (Å²) in [6.45, 7) is 0. The fraction of sp³-hybridized carbons (Fsp3) is 0. The lowest BCUT2D eigenvalue weighted by molar-refractivity contribution is 0.584. The predicted octanol–water partition coefficient (Wildman–Crippen LogP) is 9.97. The molecule has 5 heteroatoms. The van der Waals surface area contributed by atoms with Crippen LogP contribution in [0.3, 0.4) is 0 Å². The van der Waals surface area contributed by atoms with Crippen molar-refractivity contribution in [2.45, 2.75) is 0 Å². The van der Waals surface area contributed by atoms with Gasteiger partial charge in [0.05, 0.1) is 11.0 Å². The van der Waals surface area contributed by atoms with Gasteiger partial charge < -0.3 is 13.9 Å². The summed E-state index contributed by atoms with van der Waals surface area (Å²) >= 11 is 0. The van der Waals surface area contributed by atoms with Crippen LogP contribution in [0.15, 0.2) is 162 Å². The molecule has 8 aromatic rings. The molecule has 0 saturated carbocycles. The van der Waals surface area contributed by atoms with Crippen molar-refractivity contribution in [1.29, 1.82) is 0 Å². The molecule has 0 radical (unpaired) electrons. The largest absolute Gasteiger partial charge is 0.416 e. The third-order valence-electron chi connectivity index (χ3n) is 7.78. The third-order valence-corrected chi connectivity index (χ3v) is 7.78. The van der Waals surface area contributed by atoms with Gasteiger partial charge >= 0.3 is 0 Å². The number of para-hydroxylation sites is 3. The van der Waals surface area contributed by atoms with Gasteiger partial charge in [0.25, 0.3) is 0 Å². The summed E-state index contributed by atoms with van der Waals surface area (Å²) in [6, 6.07) is 54.4. The Morgan fingerprint density at radius 2 is 0.860 bits per heavy atom. The average molecular weight is 555 g/mol. The van der Waals surface area contributed by atoms with Gasteiger partial charge in [0.1, 0.15) is 0 Å². The van der Waals surface area contributed by atoms with Crippen LogP contribution in [0.25, 0.3) is 50.4 Å². The van der Waals surface area contributed by atoms with E-state index in [2.05, 4.69) is 129 Å². The SMILES string of the molecule is c1ccc(-c2nnc(-c3ccc(N(c4ccccc4)c4ccc(-n5c6ccccc6c6ccccc65)cc4)cc3)o2)cc1. The van der Waals surface area contributed by atoms with Crippen molar-refractivity contribution >= 4 is 38.9 Å². The molecule has 0 bridgehead atoms. The van der Waals surface area contributed by atoms with E-state index in [9.17, 15) is 0 Å².